The molecule has 2 heterocycles. The summed E-state index contributed by atoms with van der Waals surface area (Å²) in [4.78, 5) is 23.9. The maximum Gasteiger partial charge on any atom is 0.250 e. The van der Waals surface area contributed by atoms with Crippen LogP contribution >= 0.6 is 11.6 Å². The van der Waals surface area contributed by atoms with E-state index < -0.39 is 18.0 Å². The average molecular weight is 331 g/mol. The van der Waals surface area contributed by atoms with Gasteiger partial charge in [-0.15, -0.1) is 0 Å². The van der Waals surface area contributed by atoms with Crippen LogP contribution in [0.3, 0.4) is 0 Å². The Balaban J connectivity index is 2.07. The number of halogens is 3. The molecule has 0 radical (unpaired) electrons. The molecule has 0 bridgehead atoms. The zero-order valence-corrected chi connectivity index (χ0v) is 13.1. The fraction of sp³-hybridized carbons (Fsp3) is 0.643. The number of carbonyl (C=O) groups is 1. The Hall–Kier alpha value is -1.50. The Morgan fingerprint density at radius 2 is 2.23 bits per heavy atom. The van der Waals surface area contributed by atoms with Crippen LogP contribution in [-0.4, -0.2) is 40.9 Å². The van der Waals surface area contributed by atoms with Gasteiger partial charge in [-0.1, -0.05) is 6.92 Å². The number of anilines is 2. The third kappa shape index (κ3) is 2.41. The Labute approximate surface area is 132 Å². The fourth-order valence-corrected chi connectivity index (χ4v) is 3.47. The summed E-state index contributed by atoms with van der Waals surface area (Å²) in [6.07, 6.45) is 1.90. The maximum absolute atomic E-state index is 13.6. The first-order valence-electron chi connectivity index (χ1n) is 7.30. The summed E-state index contributed by atoms with van der Waals surface area (Å²) in [6.45, 7) is 1.87. The summed E-state index contributed by atoms with van der Waals surface area (Å²) in [5, 5.41) is 0.0473. The third-order valence-electron chi connectivity index (χ3n) is 4.44. The lowest BCUT2D eigenvalue weighted by molar-refractivity contribution is -0.120. The van der Waals surface area contributed by atoms with Gasteiger partial charge in [-0.05, 0) is 24.4 Å². The highest BCUT2D eigenvalue weighted by Crippen LogP contribution is 2.43. The Morgan fingerprint density at radius 3 is 2.82 bits per heavy atom. The SMILES string of the molecule is CCC1C(=O)N(C)c2cnc(Cl)nc2N1[C@@H]1CCC(F)(F)C1. The molecule has 8 heteroatoms. The van der Waals surface area contributed by atoms with Crippen molar-refractivity contribution >= 4 is 29.0 Å². The van der Waals surface area contributed by atoms with Gasteiger partial charge in [0, 0.05) is 25.9 Å². The van der Waals surface area contributed by atoms with E-state index in [0.717, 1.165) is 0 Å². The third-order valence-corrected chi connectivity index (χ3v) is 4.62. The van der Waals surface area contributed by atoms with E-state index in [1.165, 1.54) is 11.1 Å². The predicted molar refractivity (Wildman–Crippen MR) is 79.6 cm³/mol. The van der Waals surface area contributed by atoms with Crippen molar-refractivity contribution in [1.82, 2.24) is 9.97 Å². The highest BCUT2D eigenvalue weighted by atomic mass is 35.5. The van der Waals surface area contributed by atoms with Crippen LogP contribution in [0.4, 0.5) is 20.3 Å². The van der Waals surface area contributed by atoms with Gasteiger partial charge < -0.3 is 9.80 Å². The molecule has 1 aliphatic carbocycles. The van der Waals surface area contributed by atoms with Crippen LogP contribution in [0.15, 0.2) is 6.20 Å². The average Bonchev–Trinajstić information content (AvgIpc) is 2.82. The number of amides is 1. The topological polar surface area (TPSA) is 49.3 Å². The highest BCUT2D eigenvalue weighted by Gasteiger charge is 2.47. The van der Waals surface area contributed by atoms with Crippen LogP contribution in [0.25, 0.3) is 0 Å². The van der Waals surface area contributed by atoms with Gasteiger partial charge >= 0.3 is 0 Å². The van der Waals surface area contributed by atoms with Gasteiger partial charge in [-0.2, -0.15) is 4.98 Å². The zero-order valence-electron chi connectivity index (χ0n) is 12.4. The monoisotopic (exact) mass is 330 g/mol. The minimum Gasteiger partial charge on any atom is -0.339 e. The van der Waals surface area contributed by atoms with Gasteiger partial charge in [-0.25, -0.2) is 13.8 Å². The molecular weight excluding hydrogens is 314 g/mol. The Kier molecular flexibility index (Phi) is 3.71. The number of nitrogens with zero attached hydrogens (tertiary/aromatic N) is 4. The molecule has 5 nitrogen and oxygen atoms in total. The lowest BCUT2D eigenvalue weighted by Gasteiger charge is -2.43. The smallest absolute Gasteiger partial charge is 0.250 e. The van der Waals surface area contributed by atoms with Crippen molar-refractivity contribution < 1.29 is 13.6 Å². The van der Waals surface area contributed by atoms with Crippen molar-refractivity contribution in [2.45, 2.75) is 50.6 Å². The number of rotatable bonds is 2. The first-order valence-corrected chi connectivity index (χ1v) is 7.68. The number of likely N-dealkylation sites (N-methyl/N-ethyl adjacent to an activating group) is 1. The summed E-state index contributed by atoms with van der Waals surface area (Å²) in [5.41, 5.74) is 0.509. The molecule has 22 heavy (non-hydrogen) atoms. The van der Waals surface area contributed by atoms with E-state index in [1.807, 2.05) is 6.92 Å². The van der Waals surface area contributed by atoms with Gasteiger partial charge in [0.25, 0.3) is 0 Å². The summed E-state index contributed by atoms with van der Waals surface area (Å²) in [6, 6.07) is -0.912. The number of aromatic nitrogens is 2. The van der Waals surface area contributed by atoms with E-state index >= 15 is 0 Å². The predicted octanol–water partition coefficient (Wildman–Crippen LogP) is 2.88. The van der Waals surface area contributed by atoms with E-state index in [0.29, 0.717) is 24.3 Å². The van der Waals surface area contributed by atoms with E-state index in [1.54, 1.807) is 11.9 Å². The first kappa shape index (κ1) is 15.4. The summed E-state index contributed by atoms with van der Waals surface area (Å²) in [5.74, 6) is -2.35. The summed E-state index contributed by atoms with van der Waals surface area (Å²) < 4.78 is 27.3. The second-order valence-electron chi connectivity index (χ2n) is 5.83. The molecule has 0 aromatic carbocycles. The number of carbonyl (C=O) groups excluding carboxylic acids is 1. The van der Waals surface area contributed by atoms with Crippen LogP contribution in [0.1, 0.15) is 32.6 Å². The van der Waals surface area contributed by atoms with Crippen molar-refractivity contribution in [2.24, 2.45) is 0 Å². The van der Waals surface area contributed by atoms with Crippen LogP contribution in [0, 0.1) is 0 Å². The largest absolute Gasteiger partial charge is 0.339 e. The molecule has 120 valence electrons. The van der Waals surface area contributed by atoms with E-state index in [9.17, 15) is 13.6 Å². The van der Waals surface area contributed by atoms with Crippen molar-refractivity contribution in [1.29, 1.82) is 0 Å². The lowest BCUT2D eigenvalue weighted by Crippen LogP contribution is -2.55. The molecule has 0 saturated heterocycles. The van der Waals surface area contributed by atoms with E-state index in [4.69, 9.17) is 11.6 Å². The molecule has 2 atom stereocenters. The molecule has 0 spiro atoms. The minimum absolute atomic E-state index is 0.0473. The van der Waals surface area contributed by atoms with Gasteiger partial charge in [-0.3, -0.25) is 4.79 Å². The second kappa shape index (κ2) is 5.30. The normalized spacial score (nSPS) is 27.2. The highest BCUT2D eigenvalue weighted by molar-refractivity contribution is 6.28. The molecule has 0 N–H and O–H groups in total. The van der Waals surface area contributed by atoms with Gasteiger partial charge in [0.15, 0.2) is 5.82 Å². The molecule has 1 aliphatic heterocycles. The minimum atomic E-state index is -2.69. The van der Waals surface area contributed by atoms with E-state index in [2.05, 4.69) is 9.97 Å². The van der Waals surface area contributed by atoms with Crippen LogP contribution in [-0.2, 0) is 4.79 Å². The Bertz CT molecular complexity index is 613. The number of hydrogen-bond acceptors (Lipinski definition) is 4. The summed E-state index contributed by atoms with van der Waals surface area (Å²) >= 11 is 5.88. The number of hydrogen-bond donors (Lipinski definition) is 0. The van der Waals surface area contributed by atoms with Gasteiger partial charge in [0.2, 0.25) is 17.1 Å². The Morgan fingerprint density at radius 1 is 1.50 bits per heavy atom. The molecule has 3 rings (SSSR count). The lowest BCUT2D eigenvalue weighted by atomic mass is 10.0. The van der Waals surface area contributed by atoms with Gasteiger partial charge in [0.05, 0.1) is 6.20 Å². The van der Waals surface area contributed by atoms with E-state index in [-0.39, 0.29) is 24.0 Å². The zero-order chi connectivity index (χ0) is 16.1. The van der Waals surface area contributed by atoms with Crippen LogP contribution in [0.5, 0.6) is 0 Å². The first-order chi connectivity index (χ1) is 10.3. The number of fused-ring (bicyclic) bond motifs is 1. The van der Waals surface area contributed by atoms with Crippen LogP contribution in [0.2, 0.25) is 5.28 Å². The fourth-order valence-electron chi connectivity index (χ4n) is 3.34. The van der Waals surface area contributed by atoms with Crippen molar-refractivity contribution in [3.05, 3.63) is 11.5 Å². The van der Waals surface area contributed by atoms with Crippen LogP contribution < -0.4 is 9.80 Å². The molecule has 1 amide bonds. The van der Waals surface area contributed by atoms with Gasteiger partial charge in [0.1, 0.15) is 11.7 Å². The van der Waals surface area contributed by atoms with Crippen molar-refractivity contribution in [2.75, 3.05) is 16.8 Å². The summed E-state index contributed by atoms with van der Waals surface area (Å²) in [7, 11) is 1.64. The molecule has 2 aliphatic rings. The number of alkyl halides is 2. The van der Waals surface area contributed by atoms with Crippen molar-refractivity contribution in [3.63, 3.8) is 0 Å². The second-order valence-corrected chi connectivity index (χ2v) is 6.17. The molecule has 1 aromatic heterocycles. The molecule has 1 saturated carbocycles. The molecule has 1 unspecified atom stereocenters. The maximum atomic E-state index is 13.6. The standard InChI is InChI=1S/C14H17ClF2N4O/c1-3-9-12(22)20(2)10-7-18-13(15)19-11(10)21(9)8-4-5-14(16,17)6-8/h7-9H,3-6H2,1-2H3/t8-,9?/m1/s1. The quantitative estimate of drug-likeness (QED) is 0.782. The van der Waals surface area contributed by atoms with Crippen molar-refractivity contribution in [3.8, 4) is 0 Å². The molecule has 1 aromatic rings. The molecular formula is C14H17ClF2N4O. The molecule has 1 fully saturated rings.